The number of hydrogen-bond acceptors (Lipinski definition) is 3. The van der Waals surface area contributed by atoms with Crippen LogP contribution in [0.2, 0.25) is 0 Å². The fourth-order valence-corrected chi connectivity index (χ4v) is 2.39. The van der Waals surface area contributed by atoms with Crippen molar-refractivity contribution in [1.29, 1.82) is 0 Å². The number of nitrogens with zero attached hydrogens (tertiary/aromatic N) is 2. The summed E-state index contributed by atoms with van der Waals surface area (Å²) in [5.74, 6) is 0. The molecule has 0 atom stereocenters. The van der Waals surface area contributed by atoms with Gasteiger partial charge in [0.25, 0.3) is 0 Å². The SMILES string of the molecule is c1ccc(-n2cccn2)c(NC2CCNCC2)c1. The molecule has 3 rings (SSSR count). The summed E-state index contributed by atoms with van der Waals surface area (Å²) in [6, 6.07) is 10.8. The van der Waals surface area contributed by atoms with Gasteiger partial charge >= 0.3 is 0 Å². The maximum absolute atomic E-state index is 4.30. The van der Waals surface area contributed by atoms with E-state index in [-0.39, 0.29) is 0 Å². The van der Waals surface area contributed by atoms with E-state index in [1.807, 2.05) is 23.0 Å². The van der Waals surface area contributed by atoms with Crippen LogP contribution in [0, 0.1) is 0 Å². The van der Waals surface area contributed by atoms with Crippen molar-refractivity contribution in [3.8, 4) is 5.69 Å². The lowest BCUT2D eigenvalue weighted by atomic mass is 10.1. The number of hydrogen-bond donors (Lipinski definition) is 2. The lowest BCUT2D eigenvalue weighted by molar-refractivity contribution is 0.479. The van der Waals surface area contributed by atoms with Crippen molar-refractivity contribution in [2.24, 2.45) is 0 Å². The first-order valence-corrected chi connectivity index (χ1v) is 6.50. The van der Waals surface area contributed by atoms with E-state index >= 15 is 0 Å². The molecule has 1 aromatic heterocycles. The van der Waals surface area contributed by atoms with Crippen LogP contribution >= 0.6 is 0 Å². The Kier molecular flexibility index (Phi) is 3.28. The van der Waals surface area contributed by atoms with Gasteiger partial charge in [-0.25, -0.2) is 4.68 Å². The molecule has 1 fully saturated rings. The quantitative estimate of drug-likeness (QED) is 0.865. The zero-order valence-electron chi connectivity index (χ0n) is 10.3. The van der Waals surface area contributed by atoms with Crippen LogP contribution in [0.25, 0.3) is 5.69 Å². The largest absolute Gasteiger partial charge is 0.380 e. The van der Waals surface area contributed by atoms with E-state index in [1.54, 1.807) is 6.20 Å². The number of aromatic nitrogens is 2. The lowest BCUT2D eigenvalue weighted by Crippen LogP contribution is -2.35. The number of rotatable bonds is 3. The Hall–Kier alpha value is -1.81. The molecule has 1 aromatic carbocycles. The third-order valence-corrected chi connectivity index (χ3v) is 3.35. The van der Waals surface area contributed by atoms with Crippen LogP contribution in [0.15, 0.2) is 42.7 Å². The van der Waals surface area contributed by atoms with Crippen molar-refractivity contribution in [3.05, 3.63) is 42.7 Å². The Bertz CT molecular complexity index is 486. The molecule has 0 aliphatic carbocycles. The van der Waals surface area contributed by atoms with Crippen molar-refractivity contribution in [3.63, 3.8) is 0 Å². The summed E-state index contributed by atoms with van der Waals surface area (Å²) in [5.41, 5.74) is 2.27. The molecule has 0 saturated carbocycles. The number of piperidine rings is 1. The Labute approximate surface area is 107 Å². The van der Waals surface area contributed by atoms with Crippen LogP contribution < -0.4 is 10.6 Å². The van der Waals surface area contributed by atoms with Crippen molar-refractivity contribution >= 4 is 5.69 Å². The molecule has 2 heterocycles. The van der Waals surface area contributed by atoms with Crippen LogP contribution in [-0.2, 0) is 0 Å². The average molecular weight is 242 g/mol. The Morgan fingerprint density at radius 1 is 1.17 bits per heavy atom. The molecule has 1 aliphatic heterocycles. The third-order valence-electron chi connectivity index (χ3n) is 3.35. The molecule has 0 unspecified atom stereocenters. The summed E-state index contributed by atoms with van der Waals surface area (Å²) in [4.78, 5) is 0. The van der Waals surface area contributed by atoms with Crippen LogP contribution in [0.1, 0.15) is 12.8 Å². The third kappa shape index (κ3) is 2.38. The standard InChI is InChI=1S/C14H18N4/c1-2-5-14(18-11-3-8-16-18)13(4-1)17-12-6-9-15-10-7-12/h1-5,8,11-12,15,17H,6-7,9-10H2. The highest BCUT2D eigenvalue weighted by Gasteiger charge is 2.14. The molecule has 1 aliphatic rings. The zero-order chi connectivity index (χ0) is 12.2. The fourth-order valence-electron chi connectivity index (χ4n) is 2.39. The molecule has 0 bridgehead atoms. The van der Waals surface area contributed by atoms with Crippen LogP contribution in [0.5, 0.6) is 0 Å². The topological polar surface area (TPSA) is 41.9 Å². The normalized spacial score (nSPS) is 16.7. The number of anilines is 1. The monoisotopic (exact) mass is 242 g/mol. The van der Waals surface area contributed by atoms with Gasteiger partial charge in [0.2, 0.25) is 0 Å². The minimum absolute atomic E-state index is 0.558. The second-order valence-corrected chi connectivity index (χ2v) is 4.64. The van der Waals surface area contributed by atoms with E-state index in [2.05, 4.69) is 33.9 Å². The molecule has 0 radical (unpaired) electrons. The zero-order valence-corrected chi connectivity index (χ0v) is 10.3. The maximum Gasteiger partial charge on any atom is 0.0876 e. The van der Waals surface area contributed by atoms with Gasteiger partial charge in [0.1, 0.15) is 0 Å². The highest BCUT2D eigenvalue weighted by Crippen LogP contribution is 2.21. The van der Waals surface area contributed by atoms with Crippen LogP contribution in [0.4, 0.5) is 5.69 Å². The van der Waals surface area contributed by atoms with Gasteiger partial charge < -0.3 is 10.6 Å². The van der Waals surface area contributed by atoms with Crippen molar-refractivity contribution in [2.75, 3.05) is 18.4 Å². The summed E-state index contributed by atoms with van der Waals surface area (Å²) in [5, 5.41) is 11.3. The minimum atomic E-state index is 0.558. The van der Waals surface area contributed by atoms with Gasteiger partial charge in [-0.05, 0) is 44.1 Å². The van der Waals surface area contributed by atoms with Crippen molar-refractivity contribution in [2.45, 2.75) is 18.9 Å². The molecule has 2 N–H and O–H groups in total. The minimum Gasteiger partial charge on any atom is -0.380 e. The average Bonchev–Trinajstić information content (AvgIpc) is 2.94. The number of nitrogens with one attached hydrogen (secondary N) is 2. The molecular formula is C14H18N4. The van der Waals surface area contributed by atoms with Crippen molar-refractivity contribution < 1.29 is 0 Å². The van der Waals surface area contributed by atoms with Gasteiger partial charge in [-0.2, -0.15) is 5.10 Å². The maximum atomic E-state index is 4.30. The van der Waals surface area contributed by atoms with Gasteiger partial charge in [-0.3, -0.25) is 0 Å². The summed E-state index contributed by atoms with van der Waals surface area (Å²) in [6.07, 6.45) is 6.13. The summed E-state index contributed by atoms with van der Waals surface area (Å²) in [6.45, 7) is 2.20. The van der Waals surface area contributed by atoms with Gasteiger partial charge in [0, 0.05) is 18.4 Å². The van der Waals surface area contributed by atoms with E-state index in [0.29, 0.717) is 6.04 Å². The second kappa shape index (κ2) is 5.23. The summed E-state index contributed by atoms with van der Waals surface area (Å²) >= 11 is 0. The van der Waals surface area contributed by atoms with E-state index in [4.69, 9.17) is 0 Å². The highest BCUT2D eigenvalue weighted by atomic mass is 15.3. The molecule has 0 spiro atoms. The van der Waals surface area contributed by atoms with Crippen LogP contribution in [0.3, 0.4) is 0 Å². The van der Waals surface area contributed by atoms with Crippen molar-refractivity contribution in [1.82, 2.24) is 15.1 Å². The Morgan fingerprint density at radius 3 is 2.78 bits per heavy atom. The smallest absolute Gasteiger partial charge is 0.0876 e. The van der Waals surface area contributed by atoms with Gasteiger partial charge in [-0.1, -0.05) is 12.1 Å². The molecule has 4 heteroatoms. The summed E-state index contributed by atoms with van der Waals surface area (Å²) < 4.78 is 1.91. The summed E-state index contributed by atoms with van der Waals surface area (Å²) in [7, 11) is 0. The highest BCUT2D eigenvalue weighted by molar-refractivity contribution is 5.61. The molecule has 2 aromatic rings. The predicted octanol–water partition coefficient (Wildman–Crippen LogP) is 2.04. The van der Waals surface area contributed by atoms with E-state index in [1.165, 1.54) is 12.8 Å². The van der Waals surface area contributed by atoms with Gasteiger partial charge in [-0.15, -0.1) is 0 Å². The molecule has 18 heavy (non-hydrogen) atoms. The van der Waals surface area contributed by atoms with Crippen LogP contribution in [-0.4, -0.2) is 28.9 Å². The van der Waals surface area contributed by atoms with E-state index in [9.17, 15) is 0 Å². The Balaban J connectivity index is 1.83. The molecule has 94 valence electrons. The number of para-hydroxylation sites is 2. The Morgan fingerprint density at radius 2 is 2.00 bits per heavy atom. The number of benzene rings is 1. The second-order valence-electron chi connectivity index (χ2n) is 4.64. The first-order chi connectivity index (χ1) is 8.93. The lowest BCUT2D eigenvalue weighted by Gasteiger charge is -2.25. The molecule has 0 amide bonds. The molecular weight excluding hydrogens is 224 g/mol. The van der Waals surface area contributed by atoms with Gasteiger partial charge in [0.05, 0.1) is 11.4 Å². The van der Waals surface area contributed by atoms with E-state index < -0.39 is 0 Å². The fraction of sp³-hybridized carbons (Fsp3) is 0.357. The molecule has 1 saturated heterocycles. The first kappa shape index (κ1) is 11.3. The predicted molar refractivity (Wildman–Crippen MR) is 73.1 cm³/mol. The van der Waals surface area contributed by atoms with E-state index in [0.717, 1.165) is 24.5 Å². The van der Waals surface area contributed by atoms with Gasteiger partial charge in [0.15, 0.2) is 0 Å². The molecule has 4 nitrogen and oxygen atoms in total. The first-order valence-electron chi connectivity index (χ1n) is 6.50.